The normalized spacial score (nSPS) is 10.8. The summed E-state index contributed by atoms with van der Waals surface area (Å²) in [5.74, 6) is 0.909. The number of benzene rings is 2. The summed E-state index contributed by atoms with van der Waals surface area (Å²) in [4.78, 5) is 12.4. The molecule has 0 atom stereocenters. The van der Waals surface area contributed by atoms with Gasteiger partial charge in [0.2, 0.25) is 0 Å². The molecule has 1 N–H and O–H groups in total. The van der Waals surface area contributed by atoms with Crippen LogP contribution in [0.1, 0.15) is 52.6 Å². The molecule has 0 bridgehead atoms. The van der Waals surface area contributed by atoms with Gasteiger partial charge in [0.1, 0.15) is 5.75 Å². The molecule has 0 saturated heterocycles. The molecule has 0 aliphatic heterocycles. The number of nitrogens with one attached hydrogen (secondary N) is 1. The Kier molecular flexibility index (Phi) is 7.66. The fraction of sp³-hybridized carbons (Fsp3) is 0.360. The van der Waals surface area contributed by atoms with E-state index in [1.165, 1.54) is 5.56 Å². The van der Waals surface area contributed by atoms with Gasteiger partial charge in [-0.2, -0.15) is 5.10 Å². The molecule has 2 aromatic carbocycles. The SMILES string of the molecule is CCCOc1ccccc1CCCNC(=O)c1ccc(Cn2nc(C)cc2C)cc1. The van der Waals surface area contributed by atoms with Crippen LogP contribution >= 0.6 is 0 Å². The van der Waals surface area contributed by atoms with Crippen molar-refractivity contribution >= 4 is 5.91 Å². The van der Waals surface area contributed by atoms with Crippen molar-refractivity contribution in [2.75, 3.05) is 13.2 Å². The van der Waals surface area contributed by atoms with Crippen molar-refractivity contribution in [3.8, 4) is 5.75 Å². The van der Waals surface area contributed by atoms with Crippen molar-refractivity contribution in [1.29, 1.82) is 0 Å². The molecule has 1 heterocycles. The monoisotopic (exact) mass is 405 g/mol. The second-order valence-corrected chi connectivity index (χ2v) is 7.60. The molecule has 0 spiro atoms. The maximum absolute atomic E-state index is 12.4. The highest BCUT2D eigenvalue weighted by atomic mass is 16.5. The number of ether oxygens (including phenoxy) is 1. The van der Waals surface area contributed by atoms with Gasteiger partial charge in [-0.3, -0.25) is 9.48 Å². The molecule has 1 amide bonds. The Bertz CT molecular complexity index is 961. The van der Waals surface area contributed by atoms with Gasteiger partial charge in [-0.25, -0.2) is 0 Å². The predicted octanol–water partition coefficient (Wildman–Crippen LogP) is 4.70. The summed E-state index contributed by atoms with van der Waals surface area (Å²) >= 11 is 0. The predicted molar refractivity (Wildman–Crippen MR) is 120 cm³/mol. The van der Waals surface area contributed by atoms with Crippen molar-refractivity contribution in [2.24, 2.45) is 0 Å². The number of carbonyl (C=O) groups is 1. The smallest absolute Gasteiger partial charge is 0.251 e. The minimum atomic E-state index is -0.0387. The third-order valence-corrected chi connectivity index (χ3v) is 4.99. The van der Waals surface area contributed by atoms with Gasteiger partial charge in [0, 0.05) is 17.8 Å². The van der Waals surface area contributed by atoms with E-state index in [-0.39, 0.29) is 5.91 Å². The van der Waals surface area contributed by atoms with Crippen LogP contribution in [0.3, 0.4) is 0 Å². The Morgan fingerprint density at radius 1 is 1.10 bits per heavy atom. The molecule has 5 nitrogen and oxygen atoms in total. The van der Waals surface area contributed by atoms with E-state index >= 15 is 0 Å². The van der Waals surface area contributed by atoms with Crippen molar-refractivity contribution in [1.82, 2.24) is 15.1 Å². The molecule has 0 unspecified atom stereocenters. The summed E-state index contributed by atoms with van der Waals surface area (Å²) < 4.78 is 7.78. The molecule has 5 heteroatoms. The van der Waals surface area contributed by atoms with E-state index in [9.17, 15) is 4.79 Å². The molecule has 1 aromatic heterocycles. The first-order chi connectivity index (χ1) is 14.6. The molecule has 30 heavy (non-hydrogen) atoms. The van der Waals surface area contributed by atoms with E-state index in [0.717, 1.165) is 48.6 Å². The zero-order chi connectivity index (χ0) is 21.3. The number of aromatic nitrogens is 2. The number of nitrogens with zero attached hydrogens (tertiary/aromatic N) is 2. The van der Waals surface area contributed by atoms with Gasteiger partial charge in [0.25, 0.3) is 5.91 Å². The third-order valence-electron chi connectivity index (χ3n) is 4.99. The molecule has 3 aromatic rings. The first-order valence-corrected chi connectivity index (χ1v) is 10.7. The van der Waals surface area contributed by atoms with Crippen LogP contribution in [-0.4, -0.2) is 28.8 Å². The molecule has 158 valence electrons. The topological polar surface area (TPSA) is 56.1 Å². The van der Waals surface area contributed by atoms with Crippen molar-refractivity contribution in [2.45, 2.75) is 46.6 Å². The van der Waals surface area contributed by atoms with E-state index in [2.05, 4.69) is 36.4 Å². The largest absolute Gasteiger partial charge is 0.493 e. The maximum Gasteiger partial charge on any atom is 0.251 e. The molecule has 3 rings (SSSR count). The lowest BCUT2D eigenvalue weighted by atomic mass is 10.1. The maximum atomic E-state index is 12.4. The second-order valence-electron chi connectivity index (χ2n) is 7.60. The van der Waals surface area contributed by atoms with Gasteiger partial charge in [0.05, 0.1) is 18.8 Å². The van der Waals surface area contributed by atoms with Crippen molar-refractivity contribution in [3.63, 3.8) is 0 Å². The average molecular weight is 406 g/mol. The minimum absolute atomic E-state index is 0.0387. The van der Waals surface area contributed by atoms with Gasteiger partial charge in [0.15, 0.2) is 0 Å². The zero-order valence-electron chi connectivity index (χ0n) is 18.1. The Morgan fingerprint density at radius 3 is 2.57 bits per heavy atom. The Labute approximate surface area is 179 Å². The van der Waals surface area contributed by atoms with Crippen LogP contribution in [-0.2, 0) is 13.0 Å². The van der Waals surface area contributed by atoms with Crippen LogP contribution in [0.2, 0.25) is 0 Å². The Hall–Kier alpha value is -3.08. The number of hydrogen-bond acceptors (Lipinski definition) is 3. The Balaban J connectivity index is 1.47. The van der Waals surface area contributed by atoms with Crippen molar-refractivity contribution in [3.05, 3.63) is 82.7 Å². The molecular weight excluding hydrogens is 374 g/mol. The summed E-state index contributed by atoms with van der Waals surface area (Å²) in [6, 6.07) is 17.9. The number of rotatable bonds is 10. The van der Waals surface area contributed by atoms with E-state index in [1.54, 1.807) is 0 Å². The quantitative estimate of drug-likeness (QED) is 0.498. The summed E-state index contributed by atoms with van der Waals surface area (Å²) in [5, 5.41) is 7.51. The average Bonchev–Trinajstić information content (AvgIpc) is 3.07. The van der Waals surface area contributed by atoms with E-state index in [0.29, 0.717) is 18.7 Å². The summed E-state index contributed by atoms with van der Waals surface area (Å²) in [5.41, 5.74) is 5.15. The molecule has 0 saturated carbocycles. The number of carbonyl (C=O) groups excluding carboxylic acids is 1. The lowest BCUT2D eigenvalue weighted by Crippen LogP contribution is -2.24. The fourth-order valence-electron chi connectivity index (χ4n) is 3.42. The molecular formula is C25H31N3O2. The summed E-state index contributed by atoms with van der Waals surface area (Å²) in [7, 11) is 0. The first-order valence-electron chi connectivity index (χ1n) is 10.7. The highest BCUT2D eigenvalue weighted by Crippen LogP contribution is 2.19. The molecule has 0 fully saturated rings. The van der Waals surface area contributed by atoms with Gasteiger partial charge < -0.3 is 10.1 Å². The van der Waals surface area contributed by atoms with E-state index < -0.39 is 0 Å². The lowest BCUT2D eigenvalue weighted by molar-refractivity contribution is 0.0953. The standard InChI is InChI=1S/C25H31N3O2/c1-4-16-30-24-10-6-5-8-22(24)9-7-15-26-25(29)23-13-11-21(12-14-23)18-28-20(3)17-19(2)27-28/h5-6,8,10-14,17H,4,7,9,15-16,18H2,1-3H3,(H,26,29). The lowest BCUT2D eigenvalue weighted by Gasteiger charge is -2.11. The van der Waals surface area contributed by atoms with Gasteiger partial charge in [-0.15, -0.1) is 0 Å². The highest BCUT2D eigenvalue weighted by molar-refractivity contribution is 5.94. The molecule has 0 aliphatic rings. The summed E-state index contributed by atoms with van der Waals surface area (Å²) in [6.45, 7) is 8.22. The van der Waals surface area contributed by atoms with Gasteiger partial charge in [-0.05, 0) is 68.5 Å². The van der Waals surface area contributed by atoms with Gasteiger partial charge in [-0.1, -0.05) is 37.3 Å². The van der Waals surface area contributed by atoms with Crippen LogP contribution in [0.5, 0.6) is 5.75 Å². The van der Waals surface area contributed by atoms with Crippen LogP contribution in [0, 0.1) is 13.8 Å². The second kappa shape index (κ2) is 10.6. The van der Waals surface area contributed by atoms with Crippen molar-refractivity contribution < 1.29 is 9.53 Å². The number of aryl methyl sites for hydroxylation is 3. The Morgan fingerprint density at radius 2 is 1.87 bits per heavy atom. The molecule has 0 radical (unpaired) electrons. The number of para-hydroxylation sites is 1. The van der Waals surface area contributed by atoms with Crippen LogP contribution in [0.15, 0.2) is 54.6 Å². The minimum Gasteiger partial charge on any atom is -0.493 e. The van der Waals surface area contributed by atoms with Crippen LogP contribution < -0.4 is 10.1 Å². The first kappa shape index (κ1) is 21.6. The van der Waals surface area contributed by atoms with Crippen LogP contribution in [0.25, 0.3) is 0 Å². The van der Waals surface area contributed by atoms with E-state index in [1.807, 2.05) is 54.1 Å². The molecule has 0 aliphatic carbocycles. The zero-order valence-corrected chi connectivity index (χ0v) is 18.1. The van der Waals surface area contributed by atoms with Crippen LogP contribution in [0.4, 0.5) is 0 Å². The number of amides is 1. The third kappa shape index (κ3) is 5.96. The van der Waals surface area contributed by atoms with Gasteiger partial charge >= 0.3 is 0 Å². The highest BCUT2D eigenvalue weighted by Gasteiger charge is 2.07. The number of hydrogen-bond donors (Lipinski definition) is 1. The van der Waals surface area contributed by atoms with E-state index in [4.69, 9.17) is 4.74 Å². The summed E-state index contributed by atoms with van der Waals surface area (Å²) in [6.07, 6.45) is 2.74. The fourth-order valence-corrected chi connectivity index (χ4v) is 3.42.